The molecule has 0 unspecified atom stereocenters. The van der Waals surface area contributed by atoms with E-state index >= 15 is 0 Å². The van der Waals surface area contributed by atoms with Crippen molar-refractivity contribution in [2.75, 3.05) is 18.1 Å². The number of carbonyl (C=O) groups is 2. The highest BCUT2D eigenvalue weighted by Gasteiger charge is 2.29. The van der Waals surface area contributed by atoms with Crippen LogP contribution < -0.4 is 15.6 Å². The second-order valence-electron chi connectivity index (χ2n) is 5.85. The van der Waals surface area contributed by atoms with Gasteiger partial charge >= 0.3 is 0 Å². The van der Waals surface area contributed by atoms with Crippen LogP contribution in [-0.2, 0) is 19.4 Å². The average Bonchev–Trinajstić information content (AvgIpc) is 2.91. The van der Waals surface area contributed by atoms with Gasteiger partial charge in [-0.25, -0.2) is 8.42 Å². The van der Waals surface area contributed by atoms with Crippen molar-refractivity contribution in [2.24, 2.45) is 5.92 Å². The molecule has 0 aliphatic carbocycles. The molecule has 1 atom stereocenters. The fraction of sp³-hybridized carbons (Fsp3) is 0.412. The molecule has 1 aliphatic heterocycles. The zero-order chi connectivity index (χ0) is 18.3. The summed E-state index contributed by atoms with van der Waals surface area (Å²) in [7, 11) is -3.01. The number of sulfone groups is 1. The van der Waals surface area contributed by atoms with E-state index in [4.69, 9.17) is 4.74 Å². The lowest BCUT2D eigenvalue weighted by molar-refractivity contribution is -0.127. The smallest absolute Gasteiger partial charge is 0.262 e. The molecule has 0 aromatic heterocycles. The first-order chi connectivity index (χ1) is 11.9. The number of hydrogen-bond donors (Lipinski definition) is 2. The Bertz CT molecular complexity index is 741. The van der Waals surface area contributed by atoms with Crippen LogP contribution in [0.25, 0.3) is 6.08 Å². The zero-order valence-corrected chi connectivity index (χ0v) is 14.8. The summed E-state index contributed by atoms with van der Waals surface area (Å²) in [4.78, 5) is 23.4. The minimum atomic E-state index is -3.01. The average molecular weight is 366 g/mol. The Balaban J connectivity index is 1.73. The molecule has 136 valence electrons. The van der Waals surface area contributed by atoms with Crippen LogP contribution in [0.5, 0.6) is 5.75 Å². The summed E-state index contributed by atoms with van der Waals surface area (Å²) in [6, 6.07) is 7.23. The quantitative estimate of drug-likeness (QED) is 0.579. The van der Waals surface area contributed by atoms with E-state index in [0.29, 0.717) is 13.0 Å². The number of hydrazine groups is 1. The fourth-order valence-electron chi connectivity index (χ4n) is 2.53. The summed E-state index contributed by atoms with van der Waals surface area (Å²) < 4.78 is 28.0. The van der Waals surface area contributed by atoms with Crippen LogP contribution in [0, 0.1) is 5.92 Å². The zero-order valence-electron chi connectivity index (χ0n) is 14.0. The lowest BCUT2D eigenvalue weighted by atomic mass is 10.1. The van der Waals surface area contributed by atoms with Gasteiger partial charge in [0, 0.05) is 12.5 Å². The molecule has 1 aromatic rings. The van der Waals surface area contributed by atoms with E-state index in [1.165, 1.54) is 6.08 Å². The maximum atomic E-state index is 11.7. The number of rotatable bonds is 6. The first-order valence-electron chi connectivity index (χ1n) is 8.08. The molecule has 8 heteroatoms. The van der Waals surface area contributed by atoms with Crippen molar-refractivity contribution in [1.82, 2.24) is 10.9 Å². The van der Waals surface area contributed by atoms with Gasteiger partial charge < -0.3 is 4.74 Å². The highest BCUT2D eigenvalue weighted by atomic mass is 32.2. The van der Waals surface area contributed by atoms with Gasteiger partial charge in [-0.3, -0.25) is 20.4 Å². The first-order valence-corrected chi connectivity index (χ1v) is 9.90. The number of ether oxygens (including phenoxy) is 1. The Hall–Kier alpha value is -2.35. The molecule has 0 radical (unpaired) electrons. The molecule has 0 spiro atoms. The largest absolute Gasteiger partial charge is 0.494 e. The maximum absolute atomic E-state index is 11.7. The highest BCUT2D eigenvalue weighted by molar-refractivity contribution is 7.91. The van der Waals surface area contributed by atoms with Crippen LogP contribution in [0.1, 0.15) is 25.3 Å². The van der Waals surface area contributed by atoms with Gasteiger partial charge in [0.2, 0.25) is 5.91 Å². The first kappa shape index (κ1) is 19.0. The standard InChI is InChI=1S/C17H22N2O5S/c1-2-24-15-6-3-13(4-7-15)5-8-16(20)18-19-17(21)11-14-9-10-25(22,23)12-14/h3-8,14H,2,9-12H2,1H3,(H,18,20)(H,19,21)/b8-5+/t14-/m0/s1. The molecular formula is C17H22N2O5S. The minimum Gasteiger partial charge on any atom is -0.494 e. The van der Waals surface area contributed by atoms with Crippen LogP contribution in [0.2, 0.25) is 0 Å². The summed E-state index contributed by atoms with van der Waals surface area (Å²) in [6.07, 6.45) is 3.49. The van der Waals surface area contributed by atoms with Gasteiger partial charge in [-0.2, -0.15) is 0 Å². The topological polar surface area (TPSA) is 102 Å². The van der Waals surface area contributed by atoms with E-state index in [-0.39, 0.29) is 23.8 Å². The van der Waals surface area contributed by atoms with Gasteiger partial charge in [-0.1, -0.05) is 12.1 Å². The van der Waals surface area contributed by atoms with Crippen molar-refractivity contribution in [3.8, 4) is 5.75 Å². The Morgan fingerprint density at radius 1 is 1.24 bits per heavy atom. The summed E-state index contributed by atoms with van der Waals surface area (Å²) in [5.41, 5.74) is 5.39. The van der Waals surface area contributed by atoms with Crippen molar-refractivity contribution < 1.29 is 22.7 Å². The van der Waals surface area contributed by atoms with Gasteiger partial charge in [0.25, 0.3) is 5.91 Å². The number of carbonyl (C=O) groups excluding carboxylic acids is 2. The van der Waals surface area contributed by atoms with Crippen LogP contribution in [0.3, 0.4) is 0 Å². The Morgan fingerprint density at radius 3 is 2.56 bits per heavy atom. The molecule has 2 N–H and O–H groups in total. The van der Waals surface area contributed by atoms with Gasteiger partial charge in [-0.15, -0.1) is 0 Å². The van der Waals surface area contributed by atoms with Crippen molar-refractivity contribution in [3.05, 3.63) is 35.9 Å². The highest BCUT2D eigenvalue weighted by Crippen LogP contribution is 2.21. The molecule has 0 bridgehead atoms. The number of hydrogen-bond acceptors (Lipinski definition) is 5. The molecule has 1 aromatic carbocycles. The third kappa shape index (κ3) is 6.58. The van der Waals surface area contributed by atoms with E-state index in [2.05, 4.69) is 10.9 Å². The van der Waals surface area contributed by atoms with Crippen LogP contribution in [0.4, 0.5) is 0 Å². The fourth-order valence-corrected chi connectivity index (χ4v) is 4.39. The predicted octanol–water partition coefficient (Wildman–Crippen LogP) is 1.07. The normalized spacial score (nSPS) is 18.8. The summed E-state index contributed by atoms with van der Waals surface area (Å²) in [5, 5.41) is 0. The Morgan fingerprint density at radius 2 is 1.96 bits per heavy atom. The van der Waals surface area contributed by atoms with Gasteiger partial charge in [0.15, 0.2) is 9.84 Å². The van der Waals surface area contributed by atoms with Crippen LogP contribution in [0.15, 0.2) is 30.3 Å². The molecule has 1 saturated heterocycles. The predicted molar refractivity (Wildman–Crippen MR) is 94.3 cm³/mol. The van der Waals surface area contributed by atoms with Crippen LogP contribution in [-0.4, -0.2) is 38.3 Å². The molecule has 2 amide bonds. The van der Waals surface area contributed by atoms with Crippen molar-refractivity contribution in [1.29, 1.82) is 0 Å². The number of amides is 2. The molecular weight excluding hydrogens is 344 g/mol. The molecule has 0 saturated carbocycles. The SMILES string of the molecule is CCOc1ccc(/C=C/C(=O)NNC(=O)C[C@@H]2CCS(=O)(=O)C2)cc1. The molecule has 7 nitrogen and oxygen atoms in total. The van der Waals surface area contributed by atoms with Crippen molar-refractivity contribution in [2.45, 2.75) is 19.8 Å². The van der Waals surface area contributed by atoms with Gasteiger partial charge in [-0.05, 0) is 43.0 Å². The van der Waals surface area contributed by atoms with Gasteiger partial charge in [0.05, 0.1) is 18.1 Å². The molecule has 2 rings (SSSR count). The van der Waals surface area contributed by atoms with Crippen molar-refractivity contribution >= 4 is 27.7 Å². The summed E-state index contributed by atoms with van der Waals surface area (Å²) in [6.45, 7) is 2.49. The van der Waals surface area contributed by atoms with E-state index < -0.39 is 21.7 Å². The van der Waals surface area contributed by atoms with Gasteiger partial charge in [0.1, 0.15) is 5.75 Å². The second-order valence-corrected chi connectivity index (χ2v) is 8.07. The molecule has 1 aliphatic rings. The lowest BCUT2D eigenvalue weighted by Gasteiger charge is -2.08. The van der Waals surface area contributed by atoms with Crippen molar-refractivity contribution in [3.63, 3.8) is 0 Å². The van der Waals surface area contributed by atoms with E-state index in [9.17, 15) is 18.0 Å². The molecule has 1 fully saturated rings. The summed E-state index contributed by atoms with van der Waals surface area (Å²) >= 11 is 0. The third-order valence-corrected chi connectivity index (χ3v) is 5.58. The maximum Gasteiger partial charge on any atom is 0.262 e. The molecule has 25 heavy (non-hydrogen) atoms. The lowest BCUT2D eigenvalue weighted by Crippen LogP contribution is -2.41. The number of benzene rings is 1. The molecule has 1 heterocycles. The van der Waals surface area contributed by atoms with E-state index in [1.54, 1.807) is 18.2 Å². The third-order valence-electron chi connectivity index (χ3n) is 3.74. The van der Waals surface area contributed by atoms with Crippen LogP contribution >= 0.6 is 0 Å². The van der Waals surface area contributed by atoms with E-state index in [0.717, 1.165) is 11.3 Å². The second kappa shape index (κ2) is 8.66. The monoisotopic (exact) mass is 366 g/mol. The van der Waals surface area contributed by atoms with E-state index in [1.807, 2.05) is 19.1 Å². The Kier molecular flexibility index (Phi) is 6.58. The minimum absolute atomic E-state index is 0.0337. The number of nitrogens with one attached hydrogen (secondary N) is 2. The summed E-state index contributed by atoms with van der Waals surface area (Å²) in [5.74, 6) is -0.133. The Labute approximate surface area is 147 Å².